The molecule has 3 unspecified atom stereocenters. The van der Waals surface area contributed by atoms with Crippen molar-refractivity contribution < 1.29 is 19.4 Å². The first kappa shape index (κ1) is 16.6. The average molecular weight is 330 g/mol. The molecule has 128 valence electrons. The maximum Gasteiger partial charge on any atom is 0.303 e. The Morgan fingerprint density at radius 3 is 2.96 bits per heavy atom. The second-order valence-corrected chi connectivity index (χ2v) is 6.53. The van der Waals surface area contributed by atoms with E-state index in [0.29, 0.717) is 18.7 Å². The van der Waals surface area contributed by atoms with Crippen LogP contribution in [0, 0.1) is 6.92 Å². The molecule has 6 heteroatoms. The largest absolute Gasteiger partial charge is 0.481 e. The number of nitrogens with two attached hydrogens (primary N) is 1. The number of carboxylic acid groups (broad SMARTS) is 1. The highest BCUT2D eigenvalue weighted by Crippen LogP contribution is 2.43. The van der Waals surface area contributed by atoms with Crippen molar-refractivity contribution in [2.45, 2.75) is 56.7 Å². The van der Waals surface area contributed by atoms with Gasteiger partial charge in [0.15, 0.2) is 11.6 Å². The lowest BCUT2D eigenvalue weighted by Crippen LogP contribution is -2.54. The van der Waals surface area contributed by atoms with E-state index in [9.17, 15) is 9.59 Å². The first-order valence-electron chi connectivity index (χ1n) is 8.28. The number of rotatable bonds is 5. The van der Waals surface area contributed by atoms with Crippen molar-refractivity contribution in [2.24, 2.45) is 10.7 Å². The van der Waals surface area contributed by atoms with E-state index in [1.54, 1.807) is 0 Å². The van der Waals surface area contributed by atoms with Gasteiger partial charge < -0.3 is 15.6 Å². The van der Waals surface area contributed by atoms with Gasteiger partial charge in [-0.2, -0.15) is 0 Å². The fourth-order valence-electron chi connectivity index (χ4n) is 3.58. The molecule has 1 heterocycles. The van der Waals surface area contributed by atoms with Crippen LogP contribution in [0.5, 0.6) is 0 Å². The molecule has 1 fully saturated rings. The predicted octanol–water partition coefficient (Wildman–Crippen LogP) is 1.93. The summed E-state index contributed by atoms with van der Waals surface area (Å²) >= 11 is 0. The SMILES string of the molecule is Cc1ccccc1C12CCCC(OC(C(N)CCC(=O)O)=N1)C2=O. The number of Topliss-reactive ketones (excluding diaryl/α,β-unsaturated/α-hetero) is 1. The van der Waals surface area contributed by atoms with Gasteiger partial charge in [-0.15, -0.1) is 0 Å². The van der Waals surface area contributed by atoms with E-state index >= 15 is 0 Å². The van der Waals surface area contributed by atoms with Crippen LogP contribution in [0.3, 0.4) is 0 Å². The number of aryl methyl sites for hydroxylation is 1. The number of hydrogen-bond donors (Lipinski definition) is 2. The Bertz CT molecular complexity index is 700. The number of hydrogen-bond acceptors (Lipinski definition) is 5. The molecular weight excluding hydrogens is 308 g/mol. The Kier molecular flexibility index (Phi) is 4.41. The molecular formula is C18H22N2O4. The molecule has 6 nitrogen and oxygen atoms in total. The summed E-state index contributed by atoms with van der Waals surface area (Å²) in [6, 6.07) is 7.13. The Morgan fingerprint density at radius 1 is 1.50 bits per heavy atom. The van der Waals surface area contributed by atoms with Gasteiger partial charge in [0, 0.05) is 6.42 Å². The monoisotopic (exact) mass is 330 g/mol. The van der Waals surface area contributed by atoms with E-state index < -0.39 is 23.7 Å². The quantitative estimate of drug-likeness (QED) is 0.859. The Hall–Kier alpha value is -2.21. The van der Waals surface area contributed by atoms with Crippen molar-refractivity contribution >= 4 is 17.7 Å². The second-order valence-electron chi connectivity index (χ2n) is 6.53. The van der Waals surface area contributed by atoms with Crippen molar-refractivity contribution in [3.8, 4) is 0 Å². The summed E-state index contributed by atoms with van der Waals surface area (Å²) in [7, 11) is 0. The molecule has 3 N–H and O–H groups in total. The standard InChI is InChI=1S/C18H22N2O4/c1-11-5-2-3-6-12(11)18-10-4-7-14(16(18)23)24-17(20-18)13(19)8-9-15(21)22/h2-3,5-6,13-14H,4,7-10,19H2,1H3,(H,21,22). The third-order valence-corrected chi connectivity index (χ3v) is 4.85. The molecule has 1 aliphatic heterocycles. The number of benzene rings is 1. The molecule has 0 amide bonds. The number of nitrogens with zero attached hydrogens (tertiary/aromatic N) is 1. The fraction of sp³-hybridized carbons (Fsp3) is 0.500. The highest BCUT2D eigenvalue weighted by Gasteiger charge is 2.51. The normalized spacial score (nSPS) is 27.2. The van der Waals surface area contributed by atoms with Crippen LogP contribution in [0.15, 0.2) is 29.3 Å². The van der Waals surface area contributed by atoms with Crippen LogP contribution in [0.25, 0.3) is 0 Å². The zero-order chi connectivity index (χ0) is 17.3. The maximum atomic E-state index is 12.9. The lowest BCUT2D eigenvalue weighted by molar-refractivity contribution is -0.138. The minimum absolute atomic E-state index is 0.0164. The number of aliphatic carboxylic acids is 1. The van der Waals surface area contributed by atoms with Gasteiger partial charge in [0.05, 0.1) is 6.04 Å². The van der Waals surface area contributed by atoms with Crippen LogP contribution >= 0.6 is 0 Å². The molecule has 24 heavy (non-hydrogen) atoms. The predicted molar refractivity (Wildman–Crippen MR) is 88.9 cm³/mol. The maximum absolute atomic E-state index is 12.9. The minimum Gasteiger partial charge on any atom is -0.481 e. The highest BCUT2D eigenvalue weighted by molar-refractivity contribution is 6.01. The van der Waals surface area contributed by atoms with Crippen LogP contribution in [0.1, 0.15) is 43.2 Å². The third-order valence-electron chi connectivity index (χ3n) is 4.85. The number of aliphatic imine (C=N–C) groups is 1. The molecule has 3 rings (SSSR count). The van der Waals surface area contributed by atoms with E-state index in [0.717, 1.165) is 17.5 Å². The van der Waals surface area contributed by atoms with E-state index in [4.69, 9.17) is 15.6 Å². The van der Waals surface area contributed by atoms with E-state index in [1.807, 2.05) is 31.2 Å². The zero-order valence-electron chi connectivity index (χ0n) is 13.7. The molecule has 1 saturated carbocycles. The summed E-state index contributed by atoms with van der Waals surface area (Å²) in [5.41, 5.74) is 7.05. The van der Waals surface area contributed by atoms with Crippen LogP contribution in [-0.2, 0) is 19.9 Å². The summed E-state index contributed by atoms with van der Waals surface area (Å²) < 4.78 is 5.73. The van der Waals surface area contributed by atoms with Crippen molar-refractivity contribution in [3.63, 3.8) is 0 Å². The molecule has 3 atom stereocenters. The van der Waals surface area contributed by atoms with Gasteiger partial charge in [0.1, 0.15) is 0 Å². The lowest BCUT2D eigenvalue weighted by atomic mass is 9.72. The lowest BCUT2D eigenvalue weighted by Gasteiger charge is -2.42. The highest BCUT2D eigenvalue weighted by atomic mass is 16.5. The van der Waals surface area contributed by atoms with Crippen LogP contribution in [-0.4, -0.2) is 34.9 Å². The summed E-state index contributed by atoms with van der Waals surface area (Å²) in [5, 5.41) is 8.84. The second kappa shape index (κ2) is 6.36. The number of carboxylic acids is 1. The van der Waals surface area contributed by atoms with Crippen molar-refractivity contribution in [1.82, 2.24) is 0 Å². The summed E-state index contributed by atoms with van der Waals surface area (Å²) in [6.45, 7) is 1.97. The summed E-state index contributed by atoms with van der Waals surface area (Å²) in [4.78, 5) is 28.4. The molecule has 1 aliphatic carbocycles. The van der Waals surface area contributed by atoms with Gasteiger partial charge in [-0.05, 0) is 43.7 Å². The molecule has 0 spiro atoms. The zero-order valence-corrected chi connectivity index (χ0v) is 13.7. The molecule has 1 aromatic carbocycles. The average Bonchev–Trinajstić information content (AvgIpc) is 2.53. The number of ether oxygens (including phenoxy) is 1. The van der Waals surface area contributed by atoms with E-state index in [2.05, 4.69) is 4.99 Å². The van der Waals surface area contributed by atoms with Crippen molar-refractivity contribution in [1.29, 1.82) is 0 Å². The van der Waals surface area contributed by atoms with Crippen LogP contribution in [0.4, 0.5) is 0 Å². The molecule has 0 saturated heterocycles. The molecule has 2 aliphatic rings. The molecule has 0 radical (unpaired) electrons. The molecule has 0 aromatic heterocycles. The van der Waals surface area contributed by atoms with Crippen molar-refractivity contribution in [2.75, 3.05) is 0 Å². The van der Waals surface area contributed by atoms with E-state index in [1.165, 1.54) is 0 Å². The Balaban J connectivity index is 2.01. The van der Waals surface area contributed by atoms with Gasteiger partial charge >= 0.3 is 5.97 Å². The first-order valence-corrected chi connectivity index (χ1v) is 8.28. The molecule has 1 aromatic rings. The van der Waals surface area contributed by atoms with Crippen molar-refractivity contribution in [3.05, 3.63) is 35.4 Å². The van der Waals surface area contributed by atoms with E-state index in [-0.39, 0.29) is 18.6 Å². The minimum atomic E-state index is -0.942. The number of carbonyl (C=O) groups excluding carboxylic acids is 1. The Labute approximate surface area is 140 Å². The van der Waals surface area contributed by atoms with Gasteiger partial charge in [-0.3, -0.25) is 9.59 Å². The topological polar surface area (TPSA) is 102 Å². The summed E-state index contributed by atoms with van der Waals surface area (Å²) in [6.07, 6.45) is 1.77. The Morgan fingerprint density at radius 2 is 2.25 bits per heavy atom. The van der Waals surface area contributed by atoms with Gasteiger partial charge in [0.2, 0.25) is 11.7 Å². The van der Waals surface area contributed by atoms with Gasteiger partial charge in [0.25, 0.3) is 0 Å². The van der Waals surface area contributed by atoms with Crippen LogP contribution < -0.4 is 5.73 Å². The molecule has 2 bridgehead atoms. The fourth-order valence-corrected chi connectivity index (χ4v) is 3.58. The number of fused-ring (bicyclic) bond motifs is 2. The first-order chi connectivity index (χ1) is 11.4. The van der Waals surface area contributed by atoms with Gasteiger partial charge in [-0.25, -0.2) is 4.99 Å². The third kappa shape index (κ3) is 2.82. The van der Waals surface area contributed by atoms with Crippen LogP contribution in [0.2, 0.25) is 0 Å². The summed E-state index contributed by atoms with van der Waals surface area (Å²) in [5.74, 6) is -0.618. The number of ketones is 1. The number of carbonyl (C=O) groups is 2. The smallest absolute Gasteiger partial charge is 0.303 e. The van der Waals surface area contributed by atoms with Gasteiger partial charge in [-0.1, -0.05) is 24.3 Å².